The Morgan fingerprint density at radius 3 is 2.10 bits per heavy atom. The fraction of sp³-hybridized carbons (Fsp3) is 0.667. The van der Waals surface area contributed by atoms with Crippen molar-refractivity contribution in [3.8, 4) is 0 Å². The number of nitrogens with one attached hydrogen (secondary N) is 3. The molecule has 9 unspecified atom stereocenters. The quantitative estimate of drug-likeness (QED) is 0.0966. The minimum absolute atomic E-state index is 0.0700. The normalized spacial score (nSPS) is 20.0. The van der Waals surface area contributed by atoms with Crippen LogP contribution in [0, 0.1) is 23.7 Å². The Kier molecular flexibility index (Phi) is 21.3. The summed E-state index contributed by atoms with van der Waals surface area (Å²) < 4.78 is 17.6. The summed E-state index contributed by atoms with van der Waals surface area (Å²) in [5, 5.41) is 31.9. The highest BCUT2D eigenvalue weighted by Crippen LogP contribution is 2.31. The number of aliphatic hydroxyl groups is 2. The number of likely N-dealkylation sites (N-methyl/N-ethyl adjacent to an activating group) is 3. The first-order valence-electron chi connectivity index (χ1n) is 22.6. The van der Waals surface area contributed by atoms with E-state index in [2.05, 4.69) is 16.0 Å². The van der Waals surface area contributed by atoms with Gasteiger partial charge in [-0.2, -0.15) is 0 Å². The Morgan fingerprint density at radius 1 is 0.889 bits per heavy atom. The Morgan fingerprint density at radius 2 is 1.56 bits per heavy atom. The molecule has 63 heavy (non-hydrogen) atoms. The summed E-state index contributed by atoms with van der Waals surface area (Å²) in [4.78, 5) is 60.2. The van der Waals surface area contributed by atoms with Crippen molar-refractivity contribution < 1.29 is 43.6 Å². The number of methoxy groups -OCH3 is 2. The van der Waals surface area contributed by atoms with Gasteiger partial charge >= 0.3 is 6.09 Å². The molecule has 0 spiro atoms. The Bertz CT molecular complexity index is 1720. The standard InChI is InChI=1S/C48H78N6O9/c1-14-31(6)42(52(10)47(59)40(29(2)3)51-46(58)41(30(4)5)53(11)48(60)63-28-34-22-24-36(49-9)25-23-34)38(61-12)27-39(55)54-26-18-21-37(54)44(62-13)32(7)45(57)50-33(8)43(56)35-19-16-15-17-20-35/h15-17,19-24,29-33,36,38-44,49,55-56H,14,18,25-28H2,1-13H3,(H,50,57)(H,51,58)/t31?,32?,33-,36?,38?,39?,40+,41?,42?,43?,44?/m1/s1. The summed E-state index contributed by atoms with van der Waals surface area (Å²) in [6, 6.07) is 6.47. The van der Waals surface area contributed by atoms with Gasteiger partial charge in [0.2, 0.25) is 17.7 Å². The molecule has 0 radical (unpaired) electrons. The van der Waals surface area contributed by atoms with Crippen molar-refractivity contribution in [2.24, 2.45) is 23.7 Å². The second-order valence-corrected chi connectivity index (χ2v) is 17.9. The van der Waals surface area contributed by atoms with E-state index in [1.165, 1.54) is 19.1 Å². The minimum atomic E-state index is -1.05. The monoisotopic (exact) mass is 883 g/mol. The summed E-state index contributed by atoms with van der Waals surface area (Å²) >= 11 is 0. The molecule has 15 nitrogen and oxygen atoms in total. The third-order valence-corrected chi connectivity index (χ3v) is 12.7. The SMILES string of the molecule is CCC(C)C(C(CC(O)N1CCC=C1C(OC)C(C)C(=O)N[C@H](C)C(O)c1ccccc1)OC)N(C)C(=O)[C@@H](NC(=O)C(C(C)C)N(C)C(=O)OCC1=CCC(NC)C=C1)C(C)C. The second kappa shape index (κ2) is 25.3. The average molecular weight is 883 g/mol. The number of carbonyl (C=O) groups excluding carboxylic acids is 4. The maximum absolute atomic E-state index is 14.6. The van der Waals surface area contributed by atoms with Crippen LogP contribution in [0.4, 0.5) is 4.79 Å². The van der Waals surface area contributed by atoms with Crippen molar-refractivity contribution in [2.45, 2.75) is 136 Å². The predicted molar refractivity (Wildman–Crippen MR) is 245 cm³/mol. The molecule has 1 aliphatic heterocycles. The maximum Gasteiger partial charge on any atom is 0.410 e. The van der Waals surface area contributed by atoms with Gasteiger partial charge in [0.15, 0.2) is 0 Å². The molecule has 5 N–H and O–H groups in total. The third-order valence-electron chi connectivity index (χ3n) is 12.7. The van der Waals surface area contributed by atoms with Gasteiger partial charge in [0, 0.05) is 53.0 Å². The number of aliphatic hydroxyl groups excluding tert-OH is 2. The van der Waals surface area contributed by atoms with Gasteiger partial charge in [-0.25, -0.2) is 4.79 Å². The first-order chi connectivity index (χ1) is 29.8. The van der Waals surface area contributed by atoms with Gasteiger partial charge < -0.3 is 50.2 Å². The topological polar surface area (TPSA) is 182 Å². The number of amides is 4. The van der Waals surface area contributed by atoms with E-state index in [9.17, 15) is 29.4 Å². The molecule has 11 atom stereocenters. The Balaban J connectivity index is 1.74. The van der Waals surface area contributed by atoms with E-state index < -0.39 is 66.6 Å². The van der Waals surface area contributed by atoms with Gasteiger partial charge in [0.1, 0.15) is 31.0 Å². The number of hydrogen-bond acceptors (Lipinski definition) is 11. The summed E-state index contributed by atoms with van der Waals surface area (Å²) in [6.07, 6.45) is 6.25. The van der Waals surface area contributed by atoms with Crippen molar-refractivity contribution in [3.63, 3.8) is 0 Å². The smallest absolute Gasteiger partial charge is 0.410 e. The van der Waals surface area contributed by atoms with Gasteiger partial charge in [-0.05, 0) is 55.7 Å². The van der Waals surface area contributed by atoms with E-state index in [1.54, 1.807) is 32.9 Å². The van der Waals surface area contributed by atoms with Crippen molar-refractivity contribution in [1.82, 2.24) is 30.7 Å². The van der Waals surface area contributed by atoms with E-state index in [4.69, 9.17) is 14.2 Å². The van der Waals surface area contributed by atoms with E-state index in [0.717, 1.165) is 12.0 Å². The van der Waals surface area contributed by atoms with Crippen LogP contribution in [0.3, 0.4) is 0 Å². The first-order valence-corrected chi connectivity index (χ1v) is 22.6. The largest absolute Gasteiger partial charge is 0.445 e. The molecule has 0 aromatic heterocycles. The molecule has 0 bridgehead atoms. The molecule has 0 fully saturated rings. The lowest BCUT2D eigenvalue weighted by Gasteiger charge is -2.42. The minimum Gasteiger partial charge on any atom is -0.445 e. The van der Waals surface area contributed by atoms with Crippen LogP contribution in [0.1, 0.15) is 92.7 Å². The number of ether oxygens (including phenoxy) is 3. The number of rotatable bonds is 24. The van der Waals surface area contributed by atoms with Crippen molar-refractivity contribution in [3.05, 3.63) is 71.5 Å². The molecule has 0 saturated carbocycles. The number of nitrogens with zero attached hydrogens (tertiary/aromatic N) is 3. The highest BCUT2D eigenvalue weighted by Gasteiger charge is 2.42. The number of benzene rings is 1. The van der Waals surface area contributed by atoms with Crippen LogP contribution in [0.5, 0.6) is 0 Å². The molecule has 3 rings (SSSR count). The van der Waals surface area contributed by atoms with Gasteiger partial charge in [0.05, 0.1) is 30.2 Å². The van der Waals surface area contributed by atoms with Crippen molar-refractivity contribution >= 4 is 23.8 Å². The van der Waals surface area contributed by atoms with Crippen molar-refractivity contribution in [1.29, 1.82) is 0 Å². The molecule has 1 aromatic rings. The zero-order valence-corrected chi connectivity index (χ0v) is 40.0. The highest BCUT2D eigenvalue weighted by molar-refractivity contribution is 5.91. The molecule has 354 valence electrons. The summed E-state index contributed by atoms with van der Waals surface area (Å²) in [7, 11) is 8.21. The zero-order chi connectivity index (χ0) is 47.1. The highest BCUT2D eigenvalue weighted by atomic mass is 16.6. The fourth-order valence-electron chi connectivity index (χ4n) is 8.63. The summed E-state index contributed by atoms with van der Waals surface area (Å²) in [5.74, 6) is -2.43. The Labute approximate surface area is 376 Å². The summed E-state index contributed by atoms with van der Waals surface area (Å²) in [6.45, 7) is 15.5. The van der Waals surface area contributed by atoms with Crippen LogP contribution in [-0.2, 0) is 28.6 Å². The molecule has 0 saturated heterocycles. The van der Waals surface area contributed by atoms with Gasteiger partial charge in [-0.1, -0.05) is 110 Å². The van der Waals surface area contributed by atoms with Crippen LogP contribution < -0.4 is 16.0 Å². The fourth-order valence-corrected chi connectivity index (χ4v) is 8.63. The van der Waals surface area contributed by atoms with Crippen LogP contribution >= 0.6 is 0 Å². The predicted octanol–water partition coefficient (Wildman–Crippen LogP) is 4.77. The van der Waals surface area contributed by atoms with E-state index in [0.29, 0.717) is 30.6 Å². The molecule has 1 aliphatic carbocycles. The molecule has 15 heteroatoms. The van der Waals surface area contributed by atoms with Crippen molar-refractivity contribution in [2.75, 3.05) is 48.5 Å². The first kappa shape index (κ1) is 53.1. The van der Waals surface area contributed by atoms with E-state index in [-0.39, 0.29) is 48.6 Å². The number of hydrogen-bond donors (Lipinski definition) is 5. The van der Waals surface area contributed by atoms with Crippen LogP contribution in [-0.4, -0.2) is 146 Å². The Hall–Kier alpha value is -4.28. The van der Waals surface area contributed by atoms with Crippen LogP contribution in [0.2, 0.25) is 0 Å². The van der Waals surface area contributed by atoms with Gasteiger partial charge in [0.25, 0.3) is 0 Å². The molecule has 1 aromatic carbocycles. The molecular weight excluding hydrogens is 805 g/mol. The van der Waals surface area contributed by atoms with Crippen LogP contribution in [0.25, 0.3) is 0 Å². The molecular formula is C48H78N6O9. The third kappa shape index (κ3) is 14.1. The molecule has 4 amide bonds. The lowest BCUT2D eigenvalue weighted by Crippen LogP contribution is -2.60. The lowest BCUT2D eigenvalue weighted by atomic mass is 9.89. The van der Waals surface area contributed by atoms with Gasteiger partial charge in [-0.15, -0.1) is 0 Å². The maximum atomic E-state index is 14.6. The molecule has 1 heterocycles. The summed E-state index contributed by atoms with van der Waals surface area (Å²) in [5.41, 5.74) is 2.24. The molecule has 2 aliphatic rings. The second-order valence-electron chi connectivity index (χ2n) is 17.9. The van der Waals surface area contributed by atoms with Gasteiger partial charge in [-0.3, -0.25) is 19.3 Å². The van der Waals surface area contributed by atoms with E-state index >= 15 is 0 Å². The van der Waals surface area contributed by atoms with E-state index in [1.807, 2.05) is 108 Å². The van der Waals surface area contributed by atoms with Crippen LogP contribution in [0.15, 0.2) is 65.9 Å². The number of carbonyl (C=O) groups is 4. The average Bonchev–Trinajstić information content (AvgIpc) is 3.76. The zero-order valence-electron chi connectivity index (χ0n) is 40.0. The lowest BCUT2D eigenvalue weighted by molar-refractivity contribution is -0.145.